The standard InChI is InChI=1S/C50H50F2N8O6/c1-28(2)42(57-48(63)65-3)46(61)59-22-8-12-40(59)45-54-27-39(56-45)33-19-21-35-34-20-18-32(24-36(34)50(51,52)37(35)25-33)29-14-16-30(17-15-29)38-26-53-44(55-38)41-13-9-23-60(41)47(62)43(58-49(64)66-4)31-10-6-5-7-11-31/h5-7,10-11,14-21,24-28,40-43H,8-9,12-13,22-23H2,1-4H3,(H,53,55)(H,54,56)(H,57,63)(H,58,64)/t40-,41-,42?,43+/m0/s1. The van der Waals surface area contributed by atoms with Crippen molar-refractivity contribution in [1.82, 2.24) is 40.4 Å². The summed E-state index contributed by atoms with van der Waals surface area (Å²) >= 11 is 0. The molecule has 340 valence electrons. The number of carbonyl (C=O) groups is 4. The predicted octanol–water partition coefficient (Wildman–Crippen LogP) is 9.06. The van der Waals surface area contributed by atoms with Gasteiger partial charge in [-0.15, -0.1) is 0 Å². The Balaban J connectivity index is 0.897. The molecular formula is C50H50F2N8O6. The van der Waals surface area contributed by atoms with E-state index in [1.54, 1.807) is 58.6 Å². The first-order chi connectivity index (χ1) is 31.9. The van der Waals surface area contributed by atoms with E-state index in [2.05, 4.69) is 30.6 Å². The number of imidazole rings is 2. The molecule has 66 heavy (non-hydrogen) atoms. The molecule has 4 heterocycles. The molecule has 9 rings (SSSR count). The summed E-state index contributed by atoms with van der Waals surface area (Å²) in [4.78, 5) is 71.3. The highest BCUT2D eigenvalue weighted by Gasteiger charge is 2.45. The van der Waals surface area contributed by atoms with Gasteiger partial charge in [0.1, 0.15) is 23.7 Å². The first kappa shape index (κ1) is 43.9. The number of amides is 4. The van der Waals surface area contributed by atoms with Gasteiger partial charge in [0.25, 0.3) is 11.8 Å². The van der Waals surface area contributed by atoms with Crippen LogP contribution in [0.3, 0.4) is 0 Å². The summed E-state index contributed by atoms with van der Waals surface area (Å²) < 4.78 is 42.6. The monoisotopic (exact) mass is 896 g/mol. The van der Waals surface area contributed by atoms with Crippen molar-refractivity contribution >= 4 is 24.0 Å². The molecule has 0 spiro atoms. The second-order valence-corrected chi connectivity index (χ2v) is 17.3. The quantitative estimate of drug-likeness (QED) is 0.0997. The number of aromatic nitrogens is 4. The van der Waals surface area contributed by atoms with Crippen LogP contribution >= 0.6 is 0 Å². The summed E-state index contributed by atoms with van der Waals surface area (Å²) in [6, 6.07) is 24.4. The van der Waals surface area contributed by atoms with Gasteiger partial charge in [-0.05, 0) is 77.1 Å². The van der Waals surface area contributed by atoms with Crippen LogP contribution in [0.25, 0.3) is 44.8 Å². The summed E-state index contributed by atoms with van der Waals surface area (Å²) in [7, 11) is 2.51. The lowest BCUT2D eigenvalue weighted by molar-refractivity contribution is -0.135. The predicted molar refractivity (Wildman–Crippen MR) is 242 cm³/mol. The maximum absolute atomic E-state index is 16.5. The lowest BCUT2D eigenvalue weighted by Gasteiger charge is -2.30. The molecular weight excluding hydrogens is 847 g/mol. The van der Waals surface area contributed by atoms with Crippen LogP contribution < -0.4 is 10.6 Å². The number of alkyl halides is 2. The van der Waals surface area contributed by atoms with Crippen LogP contribution in [-0.4, -0.2) is 87.1 Å². The highest BCUT2D eigenvalue weighted by atomic mass is 19.3. The number of alkyl carbamates (subject to hydrolysis) is 2. The number of halogens is 2. The SMILES string of the molecule is COC(=O)NC(C(=O)N1CCC[C@H]1c1ncc(-c2ccc3c(c2)C(F)(F)c2cc(-c4ccc(-c5cnc([C@@H]6CCCN6C(=O)[C@H](NC(=O)OC)c6ccccc6)[nH]5)cc4)ccc2-3)[nH]1)C(C)C. The molecule has 0 saturated carbocycles. The number of benzene rings is 4. The van der Waals surface area contributed by atoms with Crippen molar-refractivity contribution in [2.75, 3.05) is 27.3 Å². The number of nitrogens with zero attached hydrogens (tertiary/aromatic N) is 4. The number of carbonyl (C=O) groups excluding carboxylic acids is 4. The fourth-order valence-corrected chi connectivity index (χ4v) is 9.50. The van der Waals surface area contributed by atoms with Crippen molar-refractivity contribution in [2.45, 2.75) is 69.6 Å². The van der Waals surface area contributed by atoms with Gasteiger partial charge in [0.05, 0.1) is 50.1 Å². The van der Waals surface area contributed by atoms with Crippen LogP contribution in [0, 0.1) is 5.92 Å². The minimum absolute atomic E-state index is 0.0768. The number of H-pyrrole nitrogens is 2. The largest absolute Gasteiger partial charge is 0.453 e. The Hall–Kier alpha value is -7.36. The van der Waals surface area contributed by atoms with Crippen LogP contribution in [0.2, 0.25) is 0 Å². The number of methoxy groups -OCH3 is 2. The maximum Gasteiger partial charge on any atom is 0.407 e. The number of aromatic amines is 2. The van der Waals surface area contributed by atoms with Gasteiger partial charge in [-0.2, -0.15) is 8.78 Å². The van der Waals surface area contributed by atoms with Crippen molar-refractivity contribution in [2.24, 2.45) is 5.92 Å². The maximum atomic E-state index is 16.5. The average Bonchev–Trinajstić information content (AvgIpc) is 4.20. The smallest absolute Gasteiger partial charge is 0.407 e. The number of likely N-dealkylation sites (tertiary alicyclic amines) is 2. The van der Waals surface area contributed by atoms with E-state index in [0.717, 1.165) is 29.7 Å². The summed E-state index contributed by atoms with van der Waals surface area (Å²) in [5, 5.41) is 5.34. The summed E-state index contributed by atoms with van der Waals surface area (Å²) in [6.07, 6.45) is 4.80. The number of hydrogen-bond acceptors (Lipinski definition) is 8. The zero-order chi connectivity index (χ0) is 46.3. The minimum atomic E-state index is -3.27. The molecule has 2 saturated heterocycles. The lowest BCUT2D eigenvalue weighted by atomic mass is 9.97. The Morgan fingerprint density at radius 2 is 1.17 bits per heavy atom. The summed E-state index contributed by atoms with van der Waals surface area (Å²) in [6.45, 7) is 4.70. The van der Waals surface area contributed by atoms with Gasteiger partial charge in [-0.25, -0.2) is 19.6 Å². The number of hydrogen-bond donors (Lipinski definition) is 4. The molecule has 16 heteroatoms. The molecule has 14 nitrogen and oxygen atoms in total. The Kier molecular flexibility index (Phi) is 11.9. The van der Waals surface area contributed by atoms with Crippen LogP contribution in [0.4, 0.5) is 18.4 Å². The average molecular weight is 897 g/mol. The Morgan fingerprint density at radius 1 is 0.667 bits per heavy atom. The third-order valence-electron chi connectivity index (χ3n) is 13.0. The highest BCUT2D eigenvalue weighted by Crippen LogP contribution is 2.53. The molecule has 4 N–H and O–H groups in total. The number of fused-ring (bicyclic) bond motifs is 3. The van der Waals surface area contributed by atoms with E-state index in [1.807, 2.05) is 62.4 Å². The second kappa shape index (κ2) is 17.9. The molecule has 2 aromatic heterocycles. The van der Waals surface area contributed by atoms with Gasteiger partial charge in [0.2, 0.25) is 5.91 Å². The Morgan fingerprint density at radius 3 is 1.74 bits per heavy atom. The molecule has 0 radical (unpaired) electrons. The molecule has 0 bridgehead atoms. The molecule has 4 atom stereocenters. The fourth-order valence-electron chi connectivity index (χ4n) is 9.50. The molecule has 1 unspecified atom stereocenters. The highest BCUT2D eigenvalue weighted by molar-refractivity contribution is 5.88. The van der Waals surface area contributed by atoms with Crippen LogP contribution in [0.5, 0.6) is 0 Å². The van der Waals surface area contributed by atoms with Crippen molar-refractivity contribution in [3.63, 3.8) is 0 Å². The van der Waals surface area contributed by atoms with Crippen molar-refractivity contribution in [3.05, 3.63) is 132 Å². The topological polar surface area (TPSA) is 175 Å². The zero-order valence-corrected chi connectivity index (χ0v) is 36.9. The molecule has 4 amide bonds. The first-order valence-corrected chi connectivity index (χ1v) is 22.1. The van der Waals surface area contributed by atoms with E-state index >= 15 is 8.78 Å². The third kappa shape index (κ3) is 8.15. The van der Waals surface area contributed by atoms with E-state index in [9.17, 15) is 19.2 Å². The van der Waals surface area contributed by atoms with Gasteiger partial charge < -0.3 is 39.9 Å². The fraction of sp³-hybridized carbons (Fsp3) is 0.320. The molecule has 4 aromatic carbocycles. The normalized spacial score (nSPS) is 18.1. The van der Waals surface area contributed by atoms with Gasteiger partial charge in [-0.3, -0.25) is 9.59 Å². The minimum Gasteiger partial charge on any atom is -0.453 e. The van der Waals surface area contributed by atoms with E-state index in [1.165, 1.54) is 20.3 Å². The molecule has 2 fully saturated rings. The zero-order valence-electron chi connectivity index (χ0n) is 36.9. The number of rotatable bonds is 11. The van der Waals surface area contributed by atoms with Gasteiger partial charge in [-0.1, -0.05) is 92.7 Å². The van der Waals surface area contributed by atoms with Crippen molar-refractivity contribution in [3.8, 4) is 44.8 Å². The molecule has 3 aliphatic rings. The van der Waals surface area contributed by atoms with Crippen LogP contribution in [0.15, 0.2) is 103 Å². The molecule has 2 aliphatic heterocycles. The first-order valence-electron chi connectivity index (χ1n) is 22.1. The van der Waals surface area contributed by atoms with Crippen LogP contribution in [0.1, 0.15) is 86.0 Å². The number of nitrogens with one attached hydrogen (secondary N) is 4. The lowest BCUT2D eigenvalue weighted by Crippen LogP contribution is -2.51. The van der Waals surface area contributed by atoms with E-state index in [0.29, 0.717) is 71.1 Å². The van der Waals surface area contributed by atoms with Gasteiger partial charge >= 0.3 is 12.2 Å². The van der Waals surface area contributed by atoms with Gasteiger partial charge in [0.15, 0.2) is 0 Å². The van der Waals surface area contributed by atoms with E-state index < -0.39 is 30.2 Å². The summed E-state index contributed by atoms with van der Waals surface area (Å²) in [5.41, 5.74) is 5.45. The van der Waals surface area contributed by atoms with E-state index in [4.69, 9.17) is 9.47 Å². The summed E-state index contributed by atoms with van der Waals surface area (Å²) in [5.74, 6) is -2.78. The Bertz CT molecular complexity index is 2790. The van der Waals surface area contributed by atoms with Gasteiger partial charge in [0, 0.05) is 29.8 Å². The van der Waals surface area contributed by atoms with Crippen molar-refractivity contribution < 1.29 is 37.4 Å². The van der Waals surface area contributed by atoms with Crippen LogP contribution in [-0.2, 0) is 25.0 Å². The van der Waals surface area contributed by atoms with Crippen molar-refractivity contribution in [1.29, 1.82) is 0 Å². The molecule has 1 aliphatic carbocycles. The Labute approximate surface area is 380 Å². The van der Waals surface area contributed by atoms with E-state index in [-0.39, 0.29) is 40.9 Å². The third-order valence-corrected chi connectivity index (χ3v) is 13.0. The second-order valence-electron chi connectivity index (χ2n) is 17.3. The number of ether oxygens (including phenoxy) is 2. The molecule has 6 aromatic rings.